The number of halogens is 3. The second kappa shape index (κ2) is 9.41. The van der Waals surface area contributed by atoms with Crippen LogP contribution in [0, 0.1) is 5.82 Å². The van der Waals surface area contributed by atoms with Crippen LogP contribution >= 0.6 is 39.3 Å². The number of carbonyl (C=O) groups is 2. The summed E-state index contributed by atoms with van der Waals surface area (Å²) in [6.07, 6.45) is 3.68. The van der Waals surface area contributed by atoms with E-state index in [4.69, 9.17) is 11.6 Å². The van der Waals surface area contributed by atoms with Crippen molar-refractivity contribution < 1.29 is 14.0 Å². The molecule has 1 saturated heterocycles. The third-order valence-electron chi connectivity index (χ3n) is 5.62. The van der Waals surface area contributed by atoms with Crippen molar-refractivity contribution in [1.29, 1.82) is 0 Å². The Morgan fingerprint density at radius 3 is 2.53 bits per heavy atom. The Bertz CT molecular complexity index is 1480. The van der Waals surface area contributed by atoms with E-state index >= 15 is 0 Å². The van der Waals surface area contributed by atoms with Crippen LogP contribution in [-0.4, -0.2) is 20.6 Å². The monoisotopic (exact) mass is 554 g/mol. The molecule has 34 heavy (non-hydrogen) atoms. The Morgan fingerprint density at radius 1 is 0.971 bits per heavy atom. The Kier molecular flexibility index (Phi) is 6.34. The zero-order valence-corrected chi connectivity index (χ0v) is 20.8. The van der Waals surface area contributed by atoms with Gasteiger partial charge in [-0.25, -0.2) is 4.39 Å². The molecular weight excluding hydrogens is 539 g/mol. The summed E-state index contributed by atoms with van der Waals surface area (Å²) in [6.45, 7) is 0.644. The molecule has 170 valence electrons. The van der Waals surface area contributed by atoms with Gasteiger partial charge < -0.3 is 4.57 Å². The van der Waals surface area contributed by atoms with E-state index in [-0.39, 0.29) is 23.5 Å². The summed E-state index contributed by atoms with van der Waals surface area (Å²) in [5.74, 6) is -0.700. The molecule has 8 heteroatoms. The van der Waals surface area contributed by atoms with Crippen molar-refractivity contribution in [3.63, 3.8) is 0 Å². The highest BCUT2D eigenvalue weighted by Gasteiger charge is 2.35. The van der Waals surface area contributed by atoms with E-state index in [0.717, 1.165) is 43.8 Å². The molecule has 1 aliphatic heterocycles. The fraction of sp³-hybridized carbons (Fsp3) is 0.0769. The minimum atomic E-state index is -0.384. The molecule has 0 spiro atoms. The van der Waals surface area contributed by atoms with Gasteiger partial charge in [0, 0.05) is 38.7 Å². The van der Waals surface area contributed by atoms with Crippen LogP contribution in [0.5, 0.6) is 0 Å². The minimum absolute atomic E-state index is 0.203. The van der Waals surface area contributed by atoms with Crippen LogP contribution in [0.4, 0.5) is 9.18 Å². The maximum absolute atomic E-state index is 13.5. The van der Waals surface area contributed by atoms with Gasteiger partial charge in [-0.1, -0.05) is 70.0 Å². The van der Waals surface area contributed by atoms with Gasteiger partial charge >= 0.3 is 0 Å². The summed E-state index contributed by atoms with van der Waals surface area (Å²) in [5.41, 5.74) is 3.41. The fourth-order valence-corrected chi connectivity index (χ4v) is 5.40. The lowest BCUT2D eigenvalue weighted by atomic mass is 10.1. The van der Waals surface area contributed by atoms with Gasteiger partial charge in [0.15, 0.2) is 0 Å². The van der Waals surface area contributed by atoms with Crippen LogP contribution in [0.25, 0.3) is 17.0 Å². The molecule has 0 unspecified atom stereocenters. The first-order valence-electron chi connectivity index (χ1n) is 10.4. The molecule has 4 aromatic rings. The molecule has 0 radical (unpaired) electrons. The van der Waals surface area contributed by atoms with Gasteiger partial charge in [-0.2, -0.15) is 0 Å². The second-order valence-electron chi connectivity index (χ2n) is 7.82. The summed E-state index contributed by atoms with van der Waals surface area (Å²) in [7, 11) is 0. The quantitative estimate of drug-likeness (QED) is 0.240. The molecule has 1 aliphatic rings. The average Bonchev–Trinajstić information content (AvgIpc) is 3.29. The average molecular weight is 556 g/mol. The zero-order chi connectivity index (χ0) is 23.8. The summed E-state index contributed by atoms with van der Waals surface area (Å²) >= 11 is 10.7. The van der Waals surface area contributed by atoms with Crippen molar-refractivity contribution in [1.82, 2.24) is 9.47 Å². The van der Waals surface area contributed by atoms with Crippen molar-refractivity contribution in [2.24, 2.45) is 0 Å². The van der Waals surface area contributed by atoms with E-state index in [1.807, 2.05) is 59.3 Å². The Morgan fingerprint density at radius 2 is 1.74 bits per heavy atom. The first-order valence-corrected chi connectivity index (χ1v) is 12.4. The zero-order valence-electron chi connectivity index (χ0n) is 17.7. The van der Waals surface area contributed by atoms with Gasteiger partial charge in [0.1, 0.15) is 5.82 Å². The van der Waals surface area contributed by atoms with Gasteiger partial charge in [0.25, 0.3) is 11.1 Å². The van der Waals surface area contributed by atoms with Gasteiger partial charge in [-0.05, 0) is 53.2 Å². The molecule has 0 aliphatic carbocycles. The summed E-state index contributed by atoms with van der Waals surface area (Å²) in [4.78, 5) is 27.4. The minimum Gasteiger partial charge on any atom is -0.342 e. The van der Waals surface area contributed by atoms with Crippen molar-refractivity contribution in [2.45, 2.75) is 13.1 Å². The number of hydrogen-bond acceptors (Lipinski definition) is 3. The topological polar surface area (TPSA) is 42.3 Å². The van der Waals surface area contributed by atoms with Crippen LogP contribution in [0.3, 0.4) is 0 Å². The maximum atomic E-state index is 13.5. The molecule has 5 rings (SSSR count). The van der Waals surface area contributed by atoms with Crippen LogP contribution in [-0.2, 0) is 17.9 Å². The highest BCUT2D eigenvalue weighted by molar-refractivity contribution is 9.10. The smallest absolute Gasteiger partial charge is 0.293 e. The largest absolute Gasteiger partial charge is 0.342 e. The molecule has 1 aromatic heterocycles. The lowest BCUT2D eigenvalue weighted by Crippen LogP contribution is -2.27. The van der Waals surface area contributed by atoms with E-state index in [2.05, 4.69) is 15.9 Å². The summed E-state index contributed by atoms with van der Waals surface area (Å²) in [6, 6.07) is 19.7. The molecule has 0 N–H and O–H groups in total. The lowest BCUT2D eigenvalue weighted by molar-refractivity contribution is -0.123. The molecular formula is C26H17BrClFN2O2S. The lowest BCUT2D eigenvalue weighted by Gasteiger charge is -2.13. The van der Waals surface area contributed by atoms with Crippen molar-refractivity contribution >= 4 is 67.4 Å². The van der Waals surface area contributed by atoms with E-state index in [1.165, 1.54) is 17.0 Å². The third kappa shape index (κ3) is 4.43. The Hall–Kier alpha value is -2.87. The summed E-state index contributed by atoms with van der Waals surface area (Å²) < 4.78 is 16.3. The molecule has 2 amide bonds. The number of imide groups is 1. The van der Waals surface area contributed by atoms with Crippen molar-refractivity contribution in [2.75, 3.05) is 0 Å². The van der Waals surface area contributed by atoms with Crippen LogP contribution in [0.2, 0.25) is 5.02 Å². The van der Waals surface area contributed by atoms with Gasteiger partial charge in [0.2, 0.25) is 0 Å². The predicted molar refractivity (Wildman–Crippen MR) is 138 cm³/mol. The number of carbonyl (C=O) groups excluding carboxylic acids is 2. The van der Waals surface area contributed by atoms with E-state index in [1.54, 1.807) is 12.1 Å². The van der Waals surface area contributed by atoms with Crippen LogP contribution in [0.1, 0.15) is 16.7 Å². The predicted octanol–water partition coefficient (Wildman–Crippen LogP) is 7.48. The van der Waals surface area contributed by atoms with Crippen LogP contribution < -0.4 is 0 Å². The molecule has 2 heterocycles. The maximum Gasteiger partial charge on any atom is 0.293 e. The van der Waals surface area contributed by atoms with Crippen molar-refractivity contribution in [3.05, 3.63) is 110 Å². The standard InChI is InChI=1S/C26H17BrClFN2O2S/c27-21-7-3-1-5-16(21)15-31-25(32)24(34-26(31)33)11-18-14-30(23-8-4-2-6-20(18)23)13-17-9-10-19(29)12-22(17)28/h1-12,14H,13,15H2/b24-11-. The molecule has 0 saturated carbocycles. The Balaban J connectivity index is 1.48. The molecule has 0 bridgehead atoms. The SMILES string of the molecule is O=C1S/C(=C\c2cn(Cc3ccc(F)cc3Cl)c3ccccc23)C(=O)N1Cc1ccccc1Br. The first-order chi connectivity index (χ1) is 16.4. The van der Waals surface area contributed by atoms with Crippen LogP contribution in [0.15, 0.2) is 82.3 Å². The second-order valence-corrected chi connectivity index (χ2v) is 10.1. The van der Waals surface area contributed by atoms with Gasteiger partial charge in [0.05, 0.1) is 11.4 Å². The number of thioether (sulfide) groups is 1. The van der Waals surface area contributed by atoms with Gasteiger partial charge in [-0.15, -0.1) is 0 Å². The summed E-state index contributed by atoms with van der Waals surface area (Å²) in [5, 5.41) is 1.000. The number of para-hydroxylation sites is 1. The highest BCUT2D eigenvalue weighted by Crippen LogP contribution is 2.36. The van der Waals surface area contributed by atoms with Gasteiger partial charge in [-0.3, -0.25) is 14.5 Å². The van der Waals surface area contributed by atoms with Crippen molar-refractivity contribution in [3.8, 4) is 0 Å². The highest BCUT2D eigenvalue weighted by atomic mass is 79.9. The molecule has 4 nitrogen and oxygen atoms in total. The molecule has 3 aromatic carbocycles. The molecule has 1 fully saturated rings. The number of aromatic nitrogens is 1. The number of hydrogen-bond donors (Lipinski definition) is 0. The third-order valence-corrected chi connectivity index (χ3v) is 7.65. The van der Waals surface area contributed by atoms with E-state index < -0.39 is 0 Å². The normalized spacial score (nSPS) is 15.1. The van der Waals surface area contributed by atoms with E-state index in [0.29, 0.717) is 16.5 Å². The fourth-order valence-electron chi connectivity index (χ4n) is 3.93. The number of benzene rings is 3. The first kappa shape index (κ1) is 22.9. The number of nitrogens with zero attached hydrogens (tertiary/aromatic N) is 2. The number of amides is 2. The Labute approximate surface area is 213 Å². The number of fused-ring (bicyclic) bond motifs is 1. The molecule has 0 atom stereocenters. The number of rotatable bonds is 5. The van der Waals surface area contributed by atoms with E-state index in [9.17, 15) is 14.0 Å².